The molecule has 6 nitrogen and oxygen atoms in total. The van der Waals surface area contributed by atoms with E-state index in [-0.39, 0.29) is 29.2 Å². The van der Waals surface area contributed by atoms with Crippen LogP contribution in [-0.4, -0.2) is 43.9 Å². The Balaban J connectivity index is 1.84. The van der Waals surface area contributed by atoms with Crippen molar-refractivity contribution < 1.29 is 19.1 Å². The number of nitrogens with zero attached hydrogens (tertiary/aromatic N) is 1. The molecule has 0 aliphatic heterocycles. The molecule has 7 heteroatoms. The smallest absolute Gasteiger partial charge is 0.341 e. The van der Waals surface area contributed by atoms with Crippen molar-refractivity contribution in [2.24, 2.45) is 5.92 Å². The number of anilines is 1. The van der Waals surface area contributed by atoms with Crippen molar-refractivity contribution in [3.63, 3.8) is 0 Å². The second kappa shape index (κ2) is 7.52. The molecule has 2 atom stereocenters. The summed E-state index contributed by atoms with van der Waals surface area (Å²) < 4.78 is 4.85. The molecule has 2 amide bonds. The van der Waals surface area contributed by atoms with Gasteiger partial charge in [-0.1, -0.05) is 30.3 Å². The third-order valence-electron chi connectivity index (χ3n) is 4.73. The highest BCUT2D eigenvalue weighted by Gasteiger charge is 2.44. The predicted molar refractivity (Wildman–Crippen MR) is 104 cm³/mol. The van der Waals surface area contributed by atoms with Crippen LogP contribution in [0, 0.1) is 12.8 Å². The molecular formula is C20H22N2O4S. The summed E-state index contributed by atoms with van der Waals surface area (Å²) >= 11 is 1.11. The number of amides is 2. The summed E-state index contributed by atoms with van der Waals surface area (Å²) in [6.07, 6.45) is 0.775. The average molecular weight is 386 g/mol. The van der Waals surface area contributed by atoms with Crippen LogP contribution in [0.5, 0.6) is 0 Å². The molecule has 1 aromatic carbocycles. The molecule has 2 aromatic rings. The monoisotopic (exact) mass is 386 g/mol. The lowest BCUT2D eigenvalue weighted by Gasteiger charge is -2.08. The van der Waals surface area contributed by atoms with E-state index in [9.17, 15) is 14.4 Å². The lowest BCUT2D eigenvalue weighted by atomic mass is 10.1. The molecule has 0 saturated heterocycles. The minimum absolute atomic E-state index is 0.131. The Morgan fingerprint density at radius 1 is 1.19 bits per heavy atom. The zero-order chi connectivity index (χ0) is 19.7. The highest BCUT2D eigenvalue weighted by molar-refractivity contribution is 7.18. The first-order valence-corrected chi connectivity index (χ1v) is 9.46. The molecule has 1 N–H and O–H groups in total. The van der Waals surface area contributed by atoms with Gasteiger partial charge in [-0.15, -0.1) is 11.3 Å². The maximum absolute atomic E-state index is 12.7. The van der Waals surface area contributed by atoms with E-state index in [4.69, 9.17) is 4.74 Å². The van der Waals surface area contributed by atoms with Crippen molar-refractivity contribution in [2.75, 3.05) is 26.5 Å². The number of carbonyl (C=O) groups is 3. The van der Waals surface area contributed by atoms with Crippen molar-refractivity contribution in [3.8, 4) is 0 Å². The quantitative estimate of drug-likeness (QED) is 0.800. The van der Waals surface area contributed by atoms with Crippen LogP contribution >= 0.6 is 11.3 Å². The second-order valence-electron chi connectivity index (χ2n) is 6.80. The predicted octanol–water partition coefficient (Wildman–Crippen LogP) is 3.29. The first-order valence-electron chi connectivity index (χ1n) is 8.64. The molecule has 1 saturated carbocycles. The van der Waals surface area contributed by atoms with Gasteiger partial charge in [0.05, 0.1) is 17.6 Å². The van der Waals surface area contributed by atoms with Gasteiger partial charge >= 0.3 is 5.97 Å². The molecular weight excluding hydrogens is 364 g/mol. The van der Waals surface area contributed by atoms with Crippen molar-refractivity contribution in [1.29, 1.82) is 0 Å². The Bertz CT molecular complexity index is 889. The molecule has 1 aromatic heterocycles. The summed E-state index contributed by atoms with van der Waals surface area (Å²) in [6.45, 7) is 1.69. The largest absolute Gasteiger partial charge is 0.465 e. The Morgan fingerprint density at radius 2 is 1.85 bits per heavy atom. The van der Waals surface area contributed by atoms with E-state index >= 15 is 0 Å². The van der Waals surface area contributed by atoms with Gasteiger partial charge in [0.2, 0.25) is 5.91 Å². The first kappa shape index (κ1) is 19.1. The number of thiophene rings is 1. The fraction of sp³-hybridized carbons (Fsp3) is 0.350. The number of carbonyl (C=O) groups excluding carboxylic acids is 3. The zero-order valence-corrected chi connectivity index (χ0v) is 16.6. The Labute approximate surface area is 162 Å². The molecule has 1 fully saturated rings. The summed E-state index contributed by atoms with van der Waals surface area (Å²) in [5.74, 6) is -0.854. The molecule has 0 unspecified atom stereocenters. The van der Waals surface area contributed by atoms with Gasteiger partial charge in [0.25, 0.3) is 5.91 Å². The van der Waals surface area contributed by atoms with Gasteiger partial charge in [-0.3, -0.25) is 9.59 Å². The van der Waals surface area contributed by atoms with E-state index in [2.05, 4.69) is 5.32 Å². The lowest BCUT2D eigenvalue weighted by Crippen LogP contribution is -2.21. The maximum Gasteiger partial charge on any atom is 0.341 e. The number of ether oxygens (including phenoxy) is 1. The number of hydrogen-bond donors (Lipinski definition) is 1. The molecule has 1 heterocycles. The van der Waals surface area contributed by atoms with Crippen LogP contribution in [0.3, 0.4) is 0 Å². The molecule has 0 radical (unpaired) electrons. The van der Waals surface area contributed by atoms with Gasteiger partial charge in [-0.25, -0.2) is 4.79 Å². The fourth-order valence-corrected chi connectivity index (χ4v) is 4.33. The van der Waals surface area contributed by atoms with Crippen molar-refractivity contribution >= 4 is 34.1 Å². The third kappa shape index (κ3) is 3.73. The van der Waals surface area contributed by atoms with E-state index in [0.717, 1.165) is 23.3 Å². The Kier molecular flexibility index (Phi) is 5.32. The SMILES string of the molecule is COC(=O)c1c(NC(=O)[C@H]2C[C@@H]2c2ccccc2)sc(C(=O)N(C)C)c1C. The minimum atomic E-state index is -0.563. The van der Waals surface area contributed by atoms with E-state index < -0.39 is 5.97 Å². The maximum atomic E-state index is 12.7. The van der Waals surface area contributed by atoms with Crippen LogP contribution in [0.1, 0.15) is 43.5 Å². The number of methoxy groups -OCH3 is 1. The molecule has 0 spiro atoms. The molecule has 142 valence electrons. The lowest BCUT2D eigenvalue weighted by molar-refractivity contribution is -0.117. The number of benzene rings is 1. The van der Waals surface area contributed by atoms with Gasteiger partial charge in [-0.05, 0) is 30.4 Å². The summed E-state index contributed by atoms with van der Waals surface area (Å²) in [4.78, 5) is 39.2. The number of nitrogens with one attached hydrogen (secondary N) is 1. The van der Waals surface area contributed by atoms with Gasteiger partial charge in [-0.2, -0.15) is 0 Å². The molecule has 27 heavy (non-hydrogen) atoms. The first-order chi connectivity index (χ1) is 12.8. The van der Waals surface area contributed by atoms with Crippen LogP contribution < -0.4 is 5.32 Å². The number of esters is 1. The Morgan fingerprint density at radius 3 is 2.44 bits per heavy atom. The highest BCUT2D eigenvalue weighted by Crippen LogP contribution is 2.48. The van der Waals surface area contributed by atoms with Crippen LogP contribution in [0.2, 0.25) is 0 Å². The molecule has 0 bridgehead atoms. The van der Waals surface area contributed by atoms with Crippen LogP contribution in [0.15, 0.2) is 30.3 Å². The van der Waals surface area contributed by atoms with E-state index in [1.54, 1.807) is 21.0 Å². The fourth-order valence-electron chi connectivity index (χ4n) is 3.11. The molecule has 1 aliphatic carbocycles. The summed E-state index contributed by atoms with van der Waals surface area (Å²) in [7, 11) is 4.57. The van der Waals surface area contributed by atoms with Crippen molar-refractivity contribution in [2.45, 2.75) is 19.3 Å². The van der Waals surface area contributed by atoms with Crippen LogP contribution in [0.4, 0.5) is 5.00 Å². The van der Waals surface area contributed by atoms with Crippen molar-refractivity contribution in [1.82, 2.24) is 4.90 Å². The van der Waals surface area contributed by atoms with Crippen molar-refractivity contribution in [3.05, 3.63) is 51.9 Å². The normalized spacial score (nSPS) is 17.9. The molecule has 3 rings (SSSR count). The van der Waals surface area contributed by atoms with E-state index in [0.29, 0.717) is 15.4 Å². The summed E-state index contributed by atoms with van der Waals surface area (Å²) in [6, 6.07) is 9.89. The summed E-state index contributed by atoms with van der Waals surface area (Å²) in [5, 5.41) is 3.22. The summed E-state index contributed by atoms with van der Waals surface area (Å²) in [5.41, 5.74) is 1.91. The number of rotatable bonds is 5. The van der Waals surface area contributed by atoms with Gasteiger partial charge in [0.1, 0.15) is 5.00 Å². The van der Waals surface area contributed by atoms with E-state index in [1.807, 2.05) is 30.3 Å². The number of hydrogen-bond acceptors (Lipinski definition) is 5. The molecule has 1 aliphatic rings. The van der Waals surface area contributed by atoms with Crippen LogP contribution in [-0.2, 0) is 9.53 Å². The van der Waals surface area contributed by atoms with Crippen LogP contribution in [0.25, 0.3) is 0 Å². The average Bonchev–Trinajstić information content (AvgIpc) is 3.40. The van der Waals surface area contributed by atoms with Gasteiger partial charge in [0.15, 0.2) is 0 Å². The third-order valence-corrected chi connectivity index (χ3v) is 5.92. The topological polar surface area (TPSA) is 75.7 Å². The highest BCUT2D eigenvalue weighted by atomic mass is 32.1. The zero-order valence-electron chi connectivity index (χ0n) is 15.7. The second-order valence-corrected chi connectivity index (χ2v) is 7.82. The van der Waals surface area contributed by atoms with Gasteiger partial charge < -0.3 is 15.0 Å². The van der Waals surface area contributed by atoms with Gasteiger partial charge in [0, 0.05) is 20.0 Å². The minimum Gasteiger partial charge on any atom is -0.465 e. The Hall–Kier alpha value is -2.67. The van der Waals surface area contributed by atoms with E-state index in [1.165, 1.54) is 12.0 Å². The standard InChI is InChI=1S/C20H22N2O4S/c1-11-15(20(25)26-4)18(27-16(11)19(24)22(2)3)21-17(23)14-10-13(14)12-8-6-5-7-9-12/h5-9,13-14H,10H2,1-4H3,(H,21,23)/t13-,14+/m1/s1.